The zero-order chi connectivity index (χ0) is 14.1. The summed E-state index contributed by atoms with van der Waals surface area (Å²) in [5.41, 5.74) is 0.841. The van der Waals surface area contributed by atoms with Crippen LogP contribution < -0.4 is 5.06 Å². The molecule has 1 aromatic rings. The molecule has 0 aliphatic carbocycles. The molecule has 1 amide bonds. The average molecular weight is 296 g/mol. The number of carbonyl (C=O) groups excluding carboxylic acids is 1. The molecule has 0 fully saturated rings. The van der Waals surface area contributed by atoms with Gasteiger partial charge in [0.1, 0.15) is 4.38 Å². The summed E-state index contributed by atoms with van der Waals surface area (Å²) in [6, 6.07) is 9.48. The van der Waals surface area contributed by atoms with Crippen LogP contribution >= 0.6 is 23.5 Å². The number of hydroxylamine groups is 1. The largest absolute Gasteiger partial charge is 0.272 e. The normalized spacial score (nSPS) is 10.5. The topological polar surface area (TPSA) is 41.9 Å². The lowest BCUT2D eigenvalue weighted by atomic mass is 10.3. The Labute approximate surface area is 121 Å². The highest BCUT2D eigenvalue weighted by molar-refractivity contribution is 8.38. The molecule has 0 aromatic heterocycles. The highest BCUT2D eigenvalue weighted by Gasteiger charge is 2.02. The second kappa shape index (κ2) is 8.79. The van der Waals surface area contributed by atoms with Crippen LogP contribution in [-0.4, -0.2) is 29.9 Å². The molecule has 102 valence electrons. The number of aliphatic imine (C=N–C) groups is 1. The summed E-state index contributed by atoms with van der Waals surface area (Å²) in [4.78, 5) is 20.8. The van der Waals surface area contributed by atoms with Gasteiger partial charge >= 0.3 is 0 Å². The average Bonchev–Trinajstić information content (AvgIpc) is 2.46. The summed E-state index contributed by atoms with van der Waals surface area (Å²) in [7, 11) is 1.54. The maximum atomic E-state index is 11.6. The van der Waals surface area contributed by atoms with Gasteiger partial charge in [0.05, 0.1) is 12.8 Å². The van der Waals surface area contributed by atoms with Crippen LogP contribution in [0, 0.1) is 0 Å². The van der Waals surface area contributed by atoms with Crippen LogP contribution in [0.3, 0.4) is 0 Å². The molecule has 0 spiro atoms. The zero-order valence-corrected chi connectivity index (χ0v) is 12.7. The third kappa shape index (κ3) is 5.50. The van der Waals surface area contributed by atoms with Crippen molar-refractivity contribution in [3.8, 4) is 0 Å². The molecule has 0 unspecified atom stereocenters. The fourth-order valence-corrected chi connectivity index (χ4v) is 2.29. The first-order chi connectivity index (χ1) is 9.21. The van der Waals surface area contributed by atoms with Crippen LogP contribution in [0.25, 0.3) is 0 Å². The van der Waals surface area contributed by atoms with E-state index >= 15 is 0 Å². The number of para-hydroxylation sites is 1. The summed E-state index contributed by atoms with van der Waals surface area (Å²) >= 11 is 2.90. The number of hydrogen-bond donors (Lipinski definition) is 0. The van der Waals surface area contributed by atoms with Crippen molar-refractivity contribution in [2.24, 2.45) is 4.99 Å². The van der Waals surface area contributed by atoms with E-state index in [1.807, 2.05) is 42.8 Å². The van der Waals surface area contributed by atoms with Crippen LogP contribution in [0.1, 0.15) is 0 Å². The number of nitrogens with zero attached hydrogens (tertiary/aromatic N) is 2. The quantitative estimate of drug-likeness (QED) is 0.369. The lowest BCUT2D eigenvalue weighted by molar-refractivity contribution is -0.113. The van der Waals surface area contributed by atoms with E-state index in [0.29, 0.717) is 0 Å². The summed E-state index contributed by atoms with van der Waals surface area (Å²) < 4.78 is 0.735. The number of amides is 1. The first-order valence-corrected chi connectivity index (χ1v) is 7.93. The first kappa shape index (κ1) is 15.8. The third-order valence-electron chi connectivity index (χ3n) is 2.11. The molecule has 4 nitrogen and oxygen atoms in total. The Kier molecular flexibility index (Phi) is 7.32. The minimum atomic E-state index is -0.309. The fraction of sp³-hybridized carbons (Fsp3) is 0.231. The molecular weight excluding hydrogens is 280 g/mol. The first-order valence-electron chi connectivity index (χ1n) is 5.48. The van der Waals surface area contributed by atoms with Gasteiger partial charge in [-0.05, 0) is 24.6 Å². The van der Waals surface area contributed by atoms with Gasteiger partial charge in [-0.1, -0.05) is 18.2 Å². The molecule has 0 radical (unpaired) electrons. The fourth-order valence-electron chi connectivity index (χ4n) is 1.26. The van der Waals surface area contributed by atoms with Gasteiger partial charge in [0.25, 0.3) is 5.91 Å². The van der Waals surface area contributed by atoms with Crippen LogP contribution in [-0.2, 0) is 9.63 Å². The van der Waals surface area contributed by atoms with Crippen molar-refractivity contribution >= 4 is 39.5 Å². The second-order valence-corrected chi connectivity index (χ2v) is 5.13. The van der Waals surface area contributed by atoms with Crippen molar-refractivity contribution < 1.29 is 9.63 Å². The Morgan fingerprint density at radius 2 is 1.89 bits per heavy atom. The maximum absolute atomic E-state index is 11.6. The summed E-state index contributed by atoms with van der Waals surface area (Å²) in [6.45, 7) is 0. The van der Waals surface area contributed by atoms with Crippen LogP contribution in [0.2, 0.25) is 0 Å². The molecule has 0 heterocycles. The Bertz CT molecular complexity index is 455. The Balaban J connectivity index is 2.74. The number of carbonyl (C=O) groups is 1. The minimum Gasteiger partial charge on any atom is -0.272 e. The van der Waals surface area contributed by atoms with E-state index in [1.54, 1.807) is 13.3 Å². The monoisotopic (exact) mass is 296 g/mol. The van der Waals surface area contributed by atoms with Gasteiger partial charge in [-0.25, -0.2) is 5.06 Å². The SMILES string of the molecule is CON(/C=C/C(=O)N=C(SC)SC)c1ccccc1. The van der Waals surface area contributed by atoms with Gasteiger partial charge in [0, 0.05) is 12.3 Å². The molecule has 6 heteroatoms. The van der Waals surface area contributed by atoms with Gasteiger partial charge in [0.2, 0.25) is 0 Å². The Morgan fingerprint density at radius 1 is 1.26 bits per heavy atom. The molecule has 0 saturated heterocycles. The van der Waals surface area contributed by atoms with E-state index in [4.69, 9.17) is 4.84 Å². The molecule has 0 aliphatic rings. The van der Waals surface area contributed by atoms with Crippen molar-refractivity contribution in [3.63, 3.8) is 0 Å². The molecule has 19 heavy (non-hydrogen) atoms. The lowest BCUT2D eigenvalue weighted by Gasteiger charge is -2.16. The second-order valence-electron chi connectivity index (χ2n) is 3.28. The maximum Gasteiger partial charge on any atom is 0.272 e. The predicted octanol–water partition coefficient (Wildman–Crippen LogP) is 3.18. The molecule has 1 aromatic carbocycles. The van der Waals surface area contributed by atoms with E-state index in [1.165, 1.54) is 34.7 Å². The third-order valence-corrected chi connectivity index (χ3v) is 3.99. The van der Waals surface area contributed by atoms with Crippen molar-refractivity contribution in [2.45, 2.75) is 0 Å². The number of hydrogen-bond acceptors (Lipinski definition) is 5. The number of thioether (sulfide) groups is 2. The summed E-state index contributed by atoms with van der Waals surface area (Å²) in [6.07, 6.45) is 6.71. The summed E-state index contributed by atoms with van der Waals surface area (Å²) in [5.74, 6) is -0.309. The van der Waals surface area contributed by atoms with E-state index < -0.39 is 0 Å². The van der Waals surface area contributed by atoms with Crippen molar-refractivity contribution in [1.29, 1.82) is 0 Å². The number of anilines is 1. The molecular formula is C13H16N2O2S2. The molecule has 0 N–H and O–H groups in total. The highest BCUT2D eigenvalue weighted by Crippen LogP contribution is 2.14. The van der Waals surface area contributed by atoms with Gasteiger partial charge in [-0.2, -0.15) is 4.99 Å². The molecule has 0 bridgehead atoms. The van der Waals surface area contributed by atoms with E-state index in [-0.39, 0.29) is 5.91 Å². The van der Waals surface area contributed by atoms with Crippen molar-refractivity contribution in [3.05, 3.63) is 42.6 Å². The zero-order valence-electron chi connectivity index (χ0n) is 11.1. The Hall–Kier alpha value is -1.24. The molecule has 0 atom stereocenters. The van der Waals surface area contributed by atoms with Crippen molar-refractivity contribution in [1.82, 2.24) is 0 Å². The summed E-state index contributed by atoms with van der Waals surface area (Å²) in [5, 5.41) is 1.51. The van der Waals surface area contributed by atoms with Crippen LogP contribution in [0.4, 0.5) is 5.69 Å². The van der Waals surface area contributed by atoms with E-state index in [2.05, 4.69) is 4.99 Å². The van der Waals surface area contributed by atoms with Gasteiger partial charge in [0.15, 0.2) is 0 Å². The van der Waals surface area contributed by atoms with Crippen LogP contribution in [0.5, 0.6) is 0 Å². The Morgan fingerprint density at radius 3 is 2.42 bits per heavy atom. The van der Waals surface area contributed by atoms with Gasteiger partial charge < -0.3 is 0 Å². The predicted molar refractivity (Wildman–Crippen MR) is 84.5 cm³/mol. The van der Waals surface area contributed by atoms with E-state index in [9.17, 15) is 4.79 Å². The van der Waals surface area contributed by atoms with Crippen LogP contribution in [0.15, 0.2) is 47.6 Å². The minimum absolute atomic E-state index is 0.309. The number of rotatable bonds is 4. The lowest BCUT2D eigenvalue weighted by Crippen LogP contribution is -2.14. The van der Waals surface area contributed by atoms with Gasteiger partial charge in [-0.15, -0.1) is 23.5 Å². The number of benzene rings is 1. The standard InChI is InChI=1S/C13H16N2O2S2/c1-17-15(11-7-5-4-6-8-11)10-9-12(16)14-13(18-2)19-3/h4-10H,1-3H3/b10-9+. The van der Waals surface area contributed by atoms with Gasteiger partial charge in [-0.3, -0.25) is 9.63 Å². The highest BCUT2D eigenvalue weighted by atomic mass is 32.2. The molecule has 1 rings (SSSR count). The van der Waals surface area contributed by atoms with E-state index in [0.717, 1.165) is 10.1 Å². The molecule has 0 saturated carbocycles. The smallest absolute Gasteiger partial charge is 0.272 e. The van der Waals surface area contributed by atoms with Crippen molar-refractivity contribution in [2.75, 3.05) is 24.7 Å². The molecule has 0 aliphatic heterocycles.